The SMILES string of the molecule is COc1ccccc1N1CCN(C(=O)C2CCN(c3nc4ccc(F)cc4s3)CC2)CC1. The minimum absolute atomic E-state index is 0.0656. The van der Waals surface area contributed by atoms with E-state index < -0.39 is 0 Å². The van der Waals surface area contributed by atoms with Gasteiger partial charge in [0.15, 0.2) is 5.13 Å². The molecule has 2 aliphatic rings. The van der Waals surface area contributed by atoms with Gasteiger partial charge in [-0.05, 0) is 43.2 Å². The van der Waals surface area contributed by atoms with Crippen LogP contribution in [0.15, 0.2) is 42.5 Å². The lowest BCUT2D eigenvalue weighted by Gasteiger charge is -2.39. The summed E-state index contributed by atoms with van der Waals surface area (Å²) in [5.41, 5.74) is 1.92. The van der Waals surface area contributed by atoms with Crippen molar-refractivity contribution in [3.63, 3.8) is 0 Å². The zero-order chi connectivity index (χ0) is 22.1. The molecule has 3 aromatic rings. The van der Waals surface area contributed by atoms with Crippen molar-refractivity contribution in [2.24, 2.45) is 5.92 Å². The van der Waals surface area contributed by atoms with Crippen molar-refractivity contribution in [2.45, 2.75) is 12.8 Å². The first-order chi connectivity index (χ1) is 15.6. The predicted molar refractivity (Wildman–Crippen MR) is 126 cm³/mol. The molecule has 2 fully saturated rings. The molecule has 0 bridgehead atoms. The number of hydrogen-bond acceptors (Lipinski definition) is 6. The summed E-state index contributed by atoms with van der Waals surface area (Å²) in [6.07, 6.45) is 1.66. The van der Waals surface area contributed by atoms with Crippen molar-refractivity contribution in [1.82, 2.24) is 9.88 Å². The molecule has 0 aliphatic carbocycles. The summed E-state index contributed by atoms with van der Waals surface area (Å²) >= 11 is 1.52. The molecule has 1 aromatic heterocycles. The standard InChI is InChI=1S/C24H27FN4O2S/c1-31-21-5-3-2-4-20(21)27-12-14-28(15-13-27)23(30)17-8-10-29(11-9-17)24-26-19-7-6-18(25)16-22(19)32-24/h2-7,16-17H,8-15H2,1H3. The third-order valence-corrected chi connectivity index (χ3v) is 7.55. The molecule has 168 valence electrons. The smallest absolute Gasteiger partial charge is 0.225 e. The van der Waals surface area contributed by atoms with Gasteiger partial charge in [-0.3, -0.25) is 4.79 Å². The second-order valence-corrected chi connectivity index (χ2v) is 9.36. The van der Waals surface area contributed by atoms with Crippen LogP contribution >= 0.6 is 11.3 Å². The van der Waals surface area contributed by atoms with Crippen molar-refractivity contribution in [3.8, 4) is 5.75 Å². The Morgan fingerprint density at radius 1 is 1.03 bits per heavy atom. The maximum Gasteiger partial charge on any atom is 0.225 e. The maximum atomic E-state index is 13.5. The summed E-state index contributed by atoms with van der Waals surface area (Å²) in [4.78, 5) is 24.3. The molecule has 0 N–H and O–H groups in total. The molecule has 32 heavy (non-hydrogen) atoms. The molecule has 0 saturated carbocycles. The number of piperazine rings is 1. The monoisotopic (exact) mass is 454 g/mol. The van der Waals surface area contributed by atoms with E-state index >= 15 is 0 Å². The van der Waals surface area contributed by atoms with Crippen LogP contribution in [0, 0.1) is 11.7 Å². The van der Waals surface area contributed by atoms with Crippen LogP contribution in [0.4, 0.5) is 15.2 Å². The zero-order valence-electron chi connectivity index (χ0n) is 18.2. The number of thiazole rings is 1. The van der Waals surface area contributed by atoms with Crippen molar-refractivity contribution < 1.29 is 13.9 Å². The lowest BCUT2D eigenvalue weighted by molar-refractivity contribution is -0.136. The molecular weight excluding hydrogens is 427 g/mol. The Balaban J connectivity index is 1.16. The summed E-state index contributed by atoms with van der Waals surface area (Å²) in [5.74, 6) is 0.978. The molecule has 0 radical (unpaired) electrons. The Bertz CT molecular complexity index is 1100. The van der Waals surface area contributed by atoms with Crippen LogP contribution in [0.1, 0.15) is 12.8 Å². The Morgan fingerprint density at radius 2 is 1.78 bits per heavy atom. The summed E-state index contributed by atoms with van der Waals surface area (Å²) < 4.78 is 19.8. The number of benzene rings is 2. The number of ether oxygens (including phenoxy) is 1. The molecule has 5 rings (SSSR count). The van der Waals surface area contributed by atoms with E-state index in [0.29, 0.717) is 0 Å². The highest BCUT2D eigenvalue weighted by atomic mass is 32.1. The first-order valence-electron chi connectivity index (χ1n) is 11.1. The summed E-state index contributed by atoms with van der Waals surface area (Å²) in [5, 5.41) is 0.918. The molecule has 2 aromatic carbocycles. The second-order valence-electron chi connectivity index (χ2n) is 8.35. The zero-order valence-corrected chi connectivity index (χ0v) is 19.0. The van der Waals surface area contributed by atoms with Crippen LogP contribution in [0.3, 0.4) is 0 Å². The highest BCUT2D eigenvalue weighted by Gasteiger charge is 2.31. The largest absolute Gasteiger partial charge is 0.495 e. The maximum absolute atomic E-state index is 13.5. The van der Waals surface area contributed by atoms with E-state index in [1.165, 1.54) is 23.5 Å². The van der Waals surface area contributed by atoms with Crippen LogP contribution in [-0.4, -0.2) is 62.2 Å². The topological polar surface area (TPSA) is 48.9 Å². The highest BCUT2D eigenvalue weighted by molar-refractivity contribution is 7.22. The van der Waals surface area contributed by atoms with Gasteiger partial charge in [-0.15, -0.1) is 0 Å². The van der Waals surface area contributed by atoms with Crippen molar-refractivity contribution >= 4 is 38.3 Å². The average Bonchev–Trinajstić information content (AvgIpc) is 3.27. The quantitative estimate of drug-likeness (QED) is 0.596. The van der Waals surface area contributed by atoms with Crippen LogP contribution in [0.25, 0.3) is 10.2 Å². The number of halogens is 1. The molecule has 2 aliphatic heterocycles. The van der Waals surface area contributed by atoms with Crippen LogP contribution in [0.5, 0.6) is 5.75 Å². The lowest BCUT2D eigenvalue weighted by Crippen LogP contribution is -2.51. The molecule has 0 unspecified atom stereocenters. The number of carbonyl (C=O) groups is 1. The van der Waals surface area contributed by atoms with Crippen LogP contribution in [0.2, 0.25) is 0 Å². The summed E-state index contributed by atoms with van der Waals surface area (Å²) in [6.45, 7) is 4.71. The van der Waals surface area contributed by atoms with E-state index in [-0.39, 0.29) is 17.6 Å². The van der Waals surface area contributed by atoms with E-state index in [9.17, 15) is 9.18 Å². The number of anilines is 2. The number of methoxy groups -OCH3 is 1. The second kappa shape index (κ2) is 8.94. The number of rotatable bonds is 4. The van der Waals surface area contributed by atoms with Gasteiger partial charge in [-0.2, -0.15) is 0 Å². The number of fused-ring (bicyclic) bond motifs is 1. The minimum Gasteiger partial charge on any atom is -0.495 e. The van der Waals surface area contributed by atoms with E-state index in [0.717, 1.165) is 78.9 Å². The van der Waals surface area contributed by atoms with Gasteiger partial charge in [0, 0.05) is 45.2 Å². The molecular formula is C24H27FN4O2S. The van der Waals surface area contributed by atoms with Crippen LogP contribution < -0.4 is 14.5 Å². The highest BCUT2D eigenvalue weighted by Crippen LogP contribution is 2.33. The lowest BCUT2D eigenvalue weighted by atomic mass is 9.95. The van der Waals surface area contributed by atoms with Crippen LogP contribution in [-0.2, 0) is 4.79 Å². The number of para-hydroxylation sites is 2. The van der Waals surface area contributed by atoms with E-state index in [2.05, 4.69) is 20.9 Å². The first kappa shape index (κ1) is 21.0. The number of amides is 1. The van der Waals surface area contributed by atoms with Gasteiger partial charge >= 0.3 is 0 Å². The van der Waals surface area contributed by atoms with E-state index in [1.54, 1.807) is 13.2 Å². The first-order valence-corrected chi connectivity index (χ1v) is 11.9. The van der Waals surface area contributed by atoms with Gasteiger partial charge in [0.1, 0.15) is 11.6 Å². The van der Waals surface area contributed by atoms with Crippen molar-refractivity contribution in [1.29, 1.82) is 0 Å². The third-order valence-electron chi connectivity index (χ3n) is 6.47. The molecule has 2 saturated heterocycles. The fraction of sp³-hybridized carbons (Fsp3) is 0.417. The van der Waals surface area contributed by atoms with Crippen molar-refractivity contribution in [2.75, 3.05) is 56.2 Å². The number of aromatic nitrogens is 1. The molecule has 0 spiro atoms. The molecule has 8 heteroatoms. The van der Waals surface area contributed by atoms with Gasteiger partial charge < -0.3 is 19.4 Å². The van der Waals surface area contributed by atoms with Crippen molar-refractivity contribution in [3.05, 3.63) is 48.3 Å². The number of carbonyl (C=O) groups excluding carboxylic acids is 1. The summed E-state index contributed by atoms with van der Waals surface area (Å²) in [6, 6.07) is 12.8. The fourth-order valence-electron chi connectivity index (χ4n) is 4.66. The van der Waals surface area contributed by atoms with E-state index in [1.807, 2.05) is 23.1 Å². The molecule has 3 heterocycles. The number of piperidine rings is 1. The average molecular weight is 455 g/mol. The Kier molecular flexibility index (Phi) is 5.87. The number of hydrogen-bond donors (Lipinski definition) is 0. The van der Waals surface area contributed by atoms with E-state index in [4.69, 9.17) is 4.74 Å². The van der Waals surface area contributed by atoms with Gasteiger partial charge in [-0.1, -0.05) is 23.5 Å². The Hall–Kier alpha value is -2.87. The Morgan fingerprint density at radius 3 is 2.53 bits per heavy atom. The Labute approximate surface area is 191 Å². The predicted octanol–water partition coefficient (Wildman–Crippen LogP) is 4.01. The minimum atomic E-state index is -0.234. The molecule has 0 atom stereocenters. The van der Waals surface area contributed by atoms with Gasteiger partial charge in [-0.25, -0.2) is 9.37 Å². The van der Waals surface area contributed by atoms with Gasteiger partial charge in [0.05, 0.1) is 23.0 Å². The third kappa shape index (κ3) is 4.11. The molecule has 1 amide bonds. The van der Waals surface area contributed by atoms with Gasteiger partial charge in [0.2, 0.25) is 5.91 Å². The molecule has 6 nitrogen and oxygen atoms in total. The normalized spacial score (nSPS) is 17.8. The van der Waals surface area contributed by atoms with Gasteiger partial charge in [0.25, 0.3) is 0 Å². The number of nitrogens with zero attached hydrogens (tertiary/aromatic N) is 4. The summed E-state index contributed by atoms with van der Waals surface area (Å²) in [7, 11) is 1.69. The fourth-order valence-corrected chi connectivity index (χ4v) is 5.70.